The number of ether oxygens (including phenoxy) is 3. The second-order valence-corrected chi connectivity index (χ2v) is 13.9. The lowest BCUT2D eigenvalue weighted by Gasteiger charge is -2.59. The summed E-state index contributed by atoms with van der Waals surface area (Å²) >= 11 is 0. The molecule has 6 aliphatic rings. The van der Waals surface area contributed by atoms with Crippen LogP contribution >= 0.6 is 0 Å². The van der Waals surface area contributed by atoms with Crippen LogP contribution in [-0.4, -0.2) is 71.8 Å². The summed E-state index contributed by atoms with van der Waals surface area (Å²) in [5, 5.41) is 0. The lowest BCUT2D eigenvalue weighted by Crippen LogP contribution is -2.70. The maximum absolute atomic E-state index is 13.2. The van der Waals surface area contributed by atoms with Crippen molar-refractivity contribution in [3.05, 3.63) is 71.8 Å². The van der Waals surface area contributed by atoms with Gasteiger partial charge in [0.2, 0.25) is 18.0 Å². The summed E-state index contributed by atoms with van der Waals surface area (Å²) in [5.41, 5.74) is 1.78. The molecule has 6 fully saturated rings. The first-order valence-electron chi connectivity index (χ1n) is 16.8. The number of carbonyl (C=O) groups is 2. The van der Waals surface area contributed by atoms with Gasteiger partial charge in [0.05, 0.1) is 12.5 Å². The van der Waals surface area contributed by atoms with Crippen LogP contribution in [0.2, 0.25) is 0 Å². The number of piperazine rings is 1. The number of nitrogens with zero attached hydrogens (tertiary/aromatic N) is 2. The Kier molecular flexibility index (Phi) is 8.50. The van der Waals surface area contributed by atoms with Crippen molar-refractivity contribution in [1.29, 1.82) is 0 Å². The molecule has 9 heteroatoms. The first-order valence-corrected chi connectivity index (χ1v) is 16.8. The summed E-state index contributed by atoms with van der Waals surface area (Å²) in [5.74, 6) is -0.643. The van der Waals surface area contributed by atoms with Crippen LogP contribution in [0.5, 0.6) is 0 Å². The van der Waals surface area contributed by atoms with Crippen molar-refractivity contribution < 1.29 is 33.6 Å². The number of hydrogen-bond donors (Lipinski definition) is 0. The first kappa shape index (κ1) is 30.8. The van der Waals surface area contributed by atoms with Gasteiger partial charge in [0.1, 0.15) is 0 Å². The van der Waals surface area contributed by atoms with Gasteiger partial charge in [-0.1, -0.05) is 74.5 Å². The second-order valence-electron chi connectivity index (χ2n) is 13.9. The molecule has 5 saturated heterocycles. The molecule has 0 aromatic heterocycles. The predicted octanol–water partition coefficient (Wildman–Crippen LogP) is 5.45. The Morgan fingerprint density at radius 1 is 0.867 bits per heavy atom. The number of carbonyl (C=O) groups excluding carboxylic acids is 2. The molecule has 5 heterocycles. The van der Waals surface area contributed by atoms with Gasteiger partial charge in [-0.2, -0.15) is 0 Å². The van der Waals surface area contributed by atoms with Gasteiger partial charge in [0.25, 0.3) is 0 Å². The maximum Gasteiger partial charge on any atom is 0.308 e. The molecule has 9 nitrogen and oxygen atoms in total. The van der Waals surface area contributed by atoms with E-state index >= 15 is 0 Å². The van der Waals surface area contributed by atoms with Crippen molar-refractivity contribution in [2.75, 3.05) is 26.2 Å². The van der Waals surface area contributed by atoms with Crippen molar-refractivity contribution in [3.63, 3.8) is 0 Å². The van der Waals surface area contributed by atoms with Crippen LogP contribution in [0, 0.1) is 23.7 Å². The van der Waals surface area contributed by atoms with Crippen LogP contribution in [0.1, 0.15) is 76.5 Å². The third-order valence-electron chi connectivity index (χ3n) is 11.2. The van der Waals surface area contributed by atoms with Gasteiger partial charge in [0, 0.05) is 50.9 Å². The fourth-order valence-corrected chi connectivity index (χ4v) is 8.68. The van der Waals surface area contributed by atoms with Gasteiger partial charge in [-0.3, -0.25) is 14.5 Å². The highest BCUT2D eigenvalue weighted by Crippen LogP contribution is 2.60. The molecule has 1 aliphatic carbocycles. The van der Waals surface area contributed by atoms with E-state index in [1.165, 1.54) is 11.1 Å². The minimum Gasteiger partial charge on any atom is -0.435 e. The molecular weight excluding hydrogens is 572 g/mol. The summed E-state index contributed by atoms with van der Waals surface area (Å²) in [6.45, 7) is 8.97. The molecule has 2 bridgehead atoms. The standard InChI is InChI=1S/C36H46N2O7/c1-24-14-15-29-25(2)33(42-34-36(29)28(24)18-19-35(3,43-34)44-45-36)41-31(40)17-16-30(39)37-20-22-38(23-21-37)32(26-10-6-4-7-11-26)27-12-8-5-9-13-27/h4-13,24-25,28-29,32-34H,14-23H2,1-3H3/t24-,25-,28+,29-,33-,34-,35+,36-/m1/s1. The van der Waals surface area contributed by atoms with Crippen molar-refractivity contribution in [1.82, 2.24) is 9.80 Å². The minimum atomic E-state index is -0.884. The summed E-state index contributed by atoms with van der Waals surface area (Å²) < 4.78 is 18.7. The fraction of sp³-hybridized carbons (Fsp3) is 0.611. The lowest BCUT2D eigenvalue weighted by molar-refractivity contribution is -0.576. The highest BCUT2D eigenvalue weighted by Gasteiger charge is 2.69. The third-order valence-corrected chi connectivity index (χ3v) is 11.2. The van der Waals surface area contributed by atoms with Gasteiger partial charge >= 0.3 is 5.97 Å². The van der Waals surface area contributed by atoms with Crippen LogP contribution in [0.15, 0.2) is 60.7 Å². The molecule has 1 amide bonds. The Hall–Kier alpha value is -2.82. The van der Waals surface area contributed by atoms with Gasteiger partial charge in [0.15, 0.2) is 11.9 Å². The van der Waals surface area contributed by atoms with E-state index in [0.29, 0.717) is 19.0 Å². The molecular formula is C36H46N2O7. The highest BCUT2D eigenvalue weighted by atomic mass is 17.3. The van der Waals surface area contributed by atoms with E-state index in [9.17, 15) is 9.59 Å². The summed E-state index contributed by atoms with van der Waals surface area (Å²) in [4.78, 5) is 42.7. The Balaban J connectivity index is 0.942. The normalized spacial score (nSPS) is 36.3. The van der Waals surface area contributed by atoms with E-state index in [4.69, 9.17) is 24.0 Å². The second kappa shape index (κ2) is 12.4. The Morgan fingerprint density at radius 3 is 2.20 bits per heavy atom. The molecule has 1 spiro atoms. The van der Waals surface area contributed by atoms with Crippen molar-refractivity contribution in [3.8, 4) is 0 Å². The number of hydrogen-bond acceptors (Lipinski definition) is 8. The number of rotatable bonds is 7. The topological polar surface area (TPSA) is 86.8 Å². The molecule has 0 unspecified atom stereocenters. The van der Waals surface area contributed by atoms with Crippen LogP contribution in [0.3, 0.4) is 0 Å². The minimum absolute atomic E-state index is 0.0145. The van der Waals surface area contributed by atoms with Crippen LogP contribution in [0.4, 0.5) is 0 Å². The Labute approximate surface area is 266 Å². The molecule has 8 rings (SSSR count). The molecule has 5 aliphatic heterocycles. The third kappa shape index (κ3) is 5.71. The molecule has 1 saturated carbocycles. The summed E-state index contributed by atoms with van der Waals surface area (Å²) in [6.07, 6.45) is 2.38. The Morgan fingerprint density at radius 2 is 1.53 bits per heavy atom. The van der Waals surface area contributed by atoms with E-state index < -0.39 is 29.9 Å². The lowest BCUT2D eigenvalue weighted by atomic mass is 9.58. The van der Waals surface area contributed by atoms with Crippen LogP contribution in [0.25, 0.3) is 0 Å². The van der Waals surface area contributed by atoms with Crippen molar-refractivity contribution in [2.45, 2.75) is 89.3 Å². The Bertz CT molecular complexity index is 1310. The van der Waals surface area contributed by atoms with E-state index in [2.05, 4.69) is 67.3 Å². The van der Waals surface area contributed by atoms with E-state index in [1.807, 2.05) is 24.0 Å². The predicted molar refractivity (Wildman–Crippen MR) is 165 cm³/mol. The summed E-state index contributed by atoms with van der Waals surface area (Å²) in [7, 11) is 0. The zero-order valence-corrected chi connectivity index (χ0v) is 26.6. The molecule has 2 aromatic carbocycles. The molecule has 0 N–H and O–H groups in total. The SMILES string of the molecule is C[C@H]1[C@H](OC(=O)CCC(=O)N2CCN(C(c3ccccc3)c3ccccc3)CC2)O[C@@H]2O[C@]3(C)CC[C@H]4[C@H](C)CC[C@H]1[C@@]24OO3. The van der Waals surface area contributed by atoms with Gasteiger partial charge in [-0.05, 0) is 49.1 Å². The smallest absolute Gasteiger partial charge is 0.308 e. The van der Waals surface area contributed by atoms with Crippen molar-refractivity contribution in [2.24, 2.45) is 23.7 Å². The average Bonchev–Trinajstić information content (AvgIpc) is 3.29. The average molecular weight is 619 g/mol. The largest absolute Gasteiger partial charge is 0.435 e. The number of fused-ring (bicyclic) bond motifs is 2. The quantitative estimate of drug-likeness (QED) is 0.299. The molecule has 242 valence electrons. The first-order chi connectivity index (χ1) is 21.8. The monoisotopic (exact) mass is 618 g/mol. The van der Waals surface area contributed by atoms with Gasteiger partial charge < -0.3 is 19.1 Å². The van der Waals surface area contributed by atoms with Crippen LogP contribution in [-0.2, 0) is 33.6 Å². The number of esters is 1. The van der Waals surface area contributed by atoms with Gasteiger partial charge in [-0.25, -0.2) is 9.78 Å². The molecule has 2 aromatic rings. The summed E-state index contributed by atoms with van der Waals surface area (Å²) in [6, 6.07) is 21.2. The van der Waals surface area contributed by atoms with E-state index in [0.717, 1.165) is 38.8 Å². The molecule has 45 heavy (non-hydrogen) atoms. The fourth-order valence-electron chi connectivity index (χ4n) is 8.68. The van der Waals surface area contributed by atoms with Crippen molar-refractivity contribution >= 4 is 11.9 Å². The zero-order valence-electron chi connectivity index (χ0n) is 26.6. The highest BCUT2D eigenvalue weighted by molar-refractivity contribution is 5.81. The van der Waals surface area contributed by atoms with Gasteiger partial charge in [-0.15, -0.1) is 0 Å². The van der Waals surface area contributed by atoms with E-state index in [-0.39, 0.29) is 42.5 Å². The molecule has 8 atom stereocenters. The van der Waals surface area contributed by atoms with E-state index in [1.54, 1.807) is 0 Å². The number of amides is 1. The van der Waals surface area contributed by atoms with Crippen LogP contribution < -0.4 is 0 Å². The maximum atomic E-state index is 13.2. The molecule has 0 radical (unpaired) electrons. The zero-order chi connectivity index (χ0) is 31.2. The number of benzene rings is 2.